The summed E-state index contributed by atoms with van der Waals surface area (Å²) in [5.41, 5.74) is 2.08. The largest absolute Gasteiger partial charge is 0.375 e. The zero-order valence-electron chi connectivity index (χ0n) is 16.7. The average Bonchev–Trinajstić information content (AvgIpc) is 3.39. The first-order valence-corrected chi connectivity index (χ1v) is 11.0. The average molecular weight is 428 g/mol. The first-order chi connectivity index (χ1) is 15.1. The zero-order valence-corrected chi connectivity index (χ0v) is 17.5. The molecule has 1 atom stereocenters. The normalized spacial score (nSPS) is 15.9. The summed E-state index contributed by atoms with van der Waals surface area (Å²) in [7, 11) is 0. The van der Waals surface area contributed by atoms with Crippen LogP contribution in [-0.2, 0) is 12.1 Å². The summed E-state index contributed by atoms with van der Waals surface area (Å²) in [6.45, 7) is 0.204. The molecule has 0 saturated carbocycles. The first-order valence-electron chi connectivity index (χ1n) is 10.1. The molecule has 154 valence electrons. The number of aliphatic hydroxyl groups excluding tert-OH is 1. The van der Waals surface area contributed by atoms with Crippen LogP contribution in [0.15, 0.2) is 96.4 Å². The van der Waals surface area contributed by atoms with Crippen LogP contribution >= 0.6 is 11.3 Å². The molecule has 0 saturated heterocycles. The predicted octanol–water partition coefficient (Wildman–Crippen LogP) is 4.68. The molecule has 31 heavy (non-hydrogen) atoms. The van der Waals surface area contributed by atoms with Crippen molar-refractivity contribution in [1.29, 1.82) is 0 Å². The number of hydrogen-bond donors (Lipinski definition) is 2. The molecule has 0 radical (unpaired) electrons. The van der Waals surface area contributed by atoms with Crippen LogP contribution in [0.25, 0.3) is 0 Å². The van der Waals surface area contributed by atoms with E-state index in [0.29, 0.717) is 11.1 Å². The molecular weight excluding hydrogens is 406 g/mol. The van der Waals surface area contributed by atoms with Crippen molar-refractivity contribution in [3.63, 3.8) is 0 Å². The molecule has 1 unspecified atom stereocenters. The van der Waals surface area contributed by atoms with Crippen LogP contribution in [0.1, 0.15) is 43.7 Å². The third-order valence-corrected chi connectivity index (χ3v) is 6.89. The lowest BCUT2D eigenvalue weighted by Crippen LogP contribution is -2.32. The van der Waals surface area contributed by atoms with Gasteiger partial charge in [-0.1, -0.05) is 78.9 Å². The Kier molecular flexibility index (Phi) is 4.94. The van der Waals surface area contributed by atoms with Gasteiger partial charge in [0.2, 0.25) is 0 Å². The van der Waals surface area contributed by atoms with Gasteiger partial charge in [0.1, 0.15) is 5.60 Å². The molecule has 3 aromatic carbocycles. The summed E-state index contributed by atoms with van der Waals surface area (Å²) in [4.78, 5) is 15.1. The number of aliphatic hydroxyl groups is 2. The first kappa shape index (κ1) is 19.7. The van der Waals surface area contributed by atoms with Crippen molar-refractivity contribution in [2.45, 2.75) is 18.4 Å². The van der Waals surface area contributed by atoms with E-state index in [2.05, 4.69) is 0 Å². The second-order valence-corrected chi connectivity index (χ2v) is 8.53. The Hall–Kier alpha value is -3.25. The van der Waals surface area contributed by atoms with E-state index in [-0.39, 0.29) is 12.5 Å². The topological polar surface area (TPSA) is 60.8 Å². The van der Waals surface area contributed by atoms with Crippen molar-refractivity contribution in [2.75, 3.05) is 0 Å². The van der Waals surface area contributed by atoms with Gasteiger partial charge >= 0.3 is 0 Å². The van der Waals surface area contributed by atoms with Crippen LogP contribution < -0.4 is 0 Å². The van der Waals surface area contributed by atoms with Gasteiger partial charge in [0.25, 0.3) is 5.91 Å². The monoisotopic (exact) mass is 427 g/mol. The third kappa shape index (κ3) is 3.18. The van der Waals surface area contributed by atoms with Crippen molar-refractivity contribution < 1.29 is 15.0 Å². The van der Waals surface area contributed by atoms with E-state index in [1.54, 1.807) is 18.2 Å². The number of thiophene rings is 1. The maximum Gasteiger partial charge on any atom is 0.256 e. The molecular formula is C26H21NO3S. The molecule has 5 rings (SSSR count). The standard InChI is InChI=1S/C26H21NO3S/c28-24-21-13-7-8-14-22(21)25(29)27(24)17-18-15-16-31-23(18)26(30,19-9-3-1-4-10-19)20-11-5-2-6-12-20/h1-16,24,28,30H,17H2. The SMILES string of the molecule is O=C1c2ccccc2C(O)N1Cc1ccsc1C(O)(c1ccccc1)c1ccccc1. The number of carbonyl (C=O) groups excluding carboxylic acids is 1. The zero-order chi connectivity index (χ0) is 21.4. The van der Waals surface area contributed by atoms with Gasteiger partial charge in [0.15, 0.2) is 6.23 Å². The van der Waals surface area contributed by atoms with Crippen molar-refractivity contribution in [3.05, 3.63) is 129 Å². The van der Waals surface area contributed by atoms with E-state index in [1.807, 2.05) is 78.2 Å². The summed E-state index contributed by atoms with van der Waals surface area (Å²) in [6, 6.07) is 28.1. The van der Waals surface area contributed by atoms with Crippen LogP contribution in [-0.4, -0.2) is 21.0 Å². The number of nitrogens with zero attached hydrogens (tertiary/aromatic N) is 1. The molecule has 0 fully saturated rings. The number of amides is 1. The molecule has 0 aliphatic carbocycles. The highest BCUT2D eigenvalue weighted by molar-refractivity contribution is 7.10. The smallest absolute Gasteiger partial charge is 0.256 e. The minimum absolute atomic E-state index is 0.204. The molecule has 4 aromatic rings. The number of fused-ring (bicyclic) bond motifs is 1. The maximum atomic E-state index is 12.9. The fourth-order valence-electron chi connectivity index (χ4n) is 4.26. The molecule has 1 aromatic heterocycles. The fourth-order valence-corrected chi connectivity index (χ4v) is 5.32. The van der Waals surface area contributed by atoms with Crippen molar-refractivity contribution >= 4 is 17.2 Å². The third-order valence-electron chi connectivity index (χ3n) is 5.82. The van der Waals surface area contributed by atoms with E-state index in [4.69, 9.17) is 0 Å². The second kappa shape index (κ2) is 7.78. The lowest BCUT2D eigenvalue weighted by atomic mass is 9.83. The van der Waals surface area contributed by atoms with Crippen LogP contribution in [0.5, 0.6) is 0 Å². The highest BCUT2D eigenvalue weighted by Gasteiger charge is 2.40. The number of benzene rings is 3. The van der Waals surface area contributed by atoms with Crippen molar-refractivity contribution in [2.24, 2.45) is 0 Å². The Morgan fingerprint density at radius 1 is 0.839 bits per heavy atom. The Balaban J connectivity index is 1.58. The van der Waals surface area contributed by atoms with E-state index in [1.165, 1.54) is 16.2 Å². The summed E-state index contributed by atoms with van der Waals surface area (Å²) in [5, 5.41) is 24.8. The van der Waals surface area contributed by atoms with Crippen molar-refractivity contribution in [3.8, 4) is 0 Å². The van der Waals surface area contributed by atoms with Crippen LogP contribution in [0.3, 0.4) is 0 Å². The molecule has 1 aliphatic heterocycles. The maximum absolute atomic E-state index is 12.9. The van der Waals surface area contributed by atoms with Crippen molar-refractivity contribution in [1.82, 2.24) is 4.90 Å². The minimum atomic E-state index is -1.37. The van der Waals surface area contributed by atoms with Gasteiger partial charge in [-0.2, -0.15) is 0 Å². The van der Waals surface area contributed by atoms with Gasteiger partial charge in [0, 0.05) is 11.1 Å². The fraction of sp³-hybridized carbons (Fsp3) is 0.115. The Morgan fingerprint density at radius 3 is 2.03 bits per heavy atom. The van der Waals surface area contributed by atoms with Gasteiger partial charge in [-0.15, -0.1) is 11.3 Å². The predicted molar refractivity (Wildman–Crippen MR) is 121 cm³/mol. The minimum Gasteiger partial charge on any atom is -0.375 e. The lowest BCUT2D eigenvalue weighted by molar-refractivity contribution is 0.0131. The van der Waals surface area contributed by atoms with E-state index >= 15 is 0 Å². The highest BCUT2D eigenvalue weighted by atomic mass is 32.1. The number of hydrogen-bond acceptors (Lipinski definition) is 4. The van der Waals surface area contributed by atoms with Gasteiger partial charge in [-0.05, 0) is 34.2 Å². The molecule has 1 aliphatic rings. The highest BCUT2D eigenvalue weighted by Crippen LogP contribution is 2.42. The van der Waals surface area contributed by atoms with E-state index < -0.39 is 11.8 Å². The van der Waals surface area contributed by atoms with Gasteiger partial charge in [-0.25, -0.2) is 0 Å². The molecule has 0 spiro atoms. The van der Waals surface area contributed by atoms with Crippen LogP contribution in [0.2, 0.25) is 0 Å². The molecule has 1 amide bonds. The van der Waals surface area contributed by atoms with Crippen LogP contribution in [0.4, 0.5) is 0 Å². The number of rotatable bonds is 5. The number of carbonyl (C=O) groups is 1. The van der Waals surface area contributed by atoms with E-state index in [9.17, 15) is 15.0 Å². The Labute approximate surface area is 184 Å². The summed E-state index contributed by atoms with van der Waals surface area (Å²) in [6.07, 6.45) is -1.00. The molecule has 0 bridgehead atoms. The Bertz CT molecular complexity index is 1180. The summed E-state index contributed by atoms with van der Waals surface area (Å²) in [5.74, 6) is -0.205. The van der Waals surface area contributed by atoms with Crippen LogP contribution in [0, 0.1) is 0 Å². The van der Waals surface area contributed by atoms with Gasteiger partial charge in [-0.3, -0.25) is 4.79 Å². The summed E-state index contributed by atoms with van der Waals surface area (Å²) < 4.78 is 0. The molecule has 2 heterocycles. The van der Waals surface area contributed by atoms with E-state index in [0.717, 1.165) is 21.6 Å². The van der Waals surface area contributed by atoms with Gasteiger partial charge in [0.05, 0.1) is 11.4 Å². The Morgan fingerprint density at radius 2 is 1.42 bits per heavy atom. The quantitative estimate of drug-likeness (QED) is 0.486. The molecule has 4 nitrogen and oxygen atoms in total. The summed E-state index contributed by atoms with van der Waals surface area (Å²) >= 11 is 1.45. The molecule has 2 N–H and O–H groups in total. The second-order valence-electron chi connectivity index (χ2n) is 7.61. The van der Waals surface area contributed by atoms with Gasteiger partial charge < -0.3 is 15.1 Å². The molecule has 5 heteroatoms. The lowest BCUT2D eigenvalue weighted by Gasteiger charge is -2.31.